The molecule has 2 aliphatic carbocycles. The number of carboxylic acid groups (broad SMARTS) is 1. The van der Waals surface area contributed by atoms with Crippen LogP contribution in [0, 0.1) is 42.3 Å². The van der Waals surface area contributed by atoms with Crippen LogP contribution in [-0.4, -0.2) is 148 Å². The second-order valence-corrected chi connectivity index (χ2v) is 22.9. The number of aromatic nitrogens is 1. The summed E-state index contributed by atoms with van der Waals surface area (Å²) in [6.07, 6.45) is 6.59. The lowest BCUT2D eigenvalue weighted by atomic mass is 9.78. The molecule has 2 amide bonds. The molecule has 22 nitrogen and oxygen atoms in total. The van der Waals surface area contributed by atoms with Crippen LogP contribution in [0.3, 0.4) is 0 Å². The van der Waals surface area contributed by atoms with E-state index in [0.717, 1.165) is 25.2 Å². The number of aromatic hydroxyl groups is 1. The normalized spacial score (nSPS) is 28.1. The minimum absolute atomic E-state index is 0.0370. The number of phenols is 1. The molecule has 0 radical (unpaired) electrons. The number of likely N-dealkylation sites (tertiary alicyclic amines) is 1. The largest absolute Gasteiger partial charge is 0.507 e. The second-order valence-electron chi connectivity index (χ2n) is 22.9. The van der Waals surface area contributed by atoms with Crippen molar-refractivity contribution in [2.45, 2.75) is 123 Å². The number of pyridine rings is 1. The number of carbonyl (C=O) groups is 7. The van der Waals surface area contributed by atoms with Gasteiger partial charge in [-0.05, 0) is 51.7 Å². The number of rotatable bonds is 9. The maximum absolute atomic E-state index is 16.3. The maximum atomic E-state index is 16.3. The minimum atomic E-state index is -2.20. The van der Waals surface area contributed by atoms with Crippen molar-refractivity contribution in [3.63, 3.8) is 0 Å². The summed E-state index contributed by atoms with van der Waals surface area (Å²) < 4.78 is 47.5. The lowest BCUT2D eigenvalue weighted by Crippen LogP contribution is -2.58. The van der Waals surface area contributed by atoms with Crippen molar-refractivity contribution in [1.82, 2.24) is 20.1 Å². The Morgan fingerprint density at radius 1 is 0.892 bits per heavy atom. The van der Waals surface area contributed by atoms with E-state index in [0.29, 0.717) is 19.4 Å². The summed E-state index contributed by atoms with van der Waals surface area (Å²) in [4.78, 5) is 114. The number of carboxylic acids is 1. The quantitative estimate of drug-likeness (QED) is 0.151. The molecule has 7 aliphatic rings. The fourth-order valence-corrected chi connectivity index (χ4v) is 12.1. The molecule has 1 unspecified atom stereocenters. The molecular formula is C60H70FN5O17. The number of methoxy groups -OCH3 is 2. The lowest BCUT2D eigenvalue weighted by Gasteiger charge is -2.43. The number of nitrogens with one attached hydrogen (secondary N) is 2. The lowest BCUT2D eigenvalue weighted by molar-refractivity contribution is -0.160. The van der Waals surface area contributed by atoms with Crippen LogP contribution in [0.1, 0.15) is 127 Å². The van der Waals surface area contributed by atoms with Crippen LogP contribution >= 0.6 is 0 Å². The summed E-state index contributed by atoms with van der Waals surface area (Å²) in [7, 11) is 2.73. The Kier molecular flexibility index (Phi) is 16.6. The zero-order valence-electron chi connectivity index (χ0n) is 47.9. The number of ether oxygens (including phenoxy) is 5. The number of piperidine rings is 1. The van der Waals surface area contributed by atoms with E-state index in [1.807, 2.05) is 0 Å². The van der Waals surface area contributed by atoms with Gasteiger partial charge in [-0.15, -0.1) is 0 Å². The maximum Gasteiger partial charge on any atom is 0.341 e. The number of anilines is 1. The highest BCUT2D eigenvalue weighted by molar-refractivity contribution is 6.32. The van der Waals surface area contributed by atoms with Crippen molar-refractivity contribution in [1.29, 1.82) is 0 Å². The van der Waals surface area contributed by atoms with Gasteiger partial charge >= 0.3 is 17.7 Å². The third-order valence-corrected chi connectivity index (χ3v) is 17.2. The molecule has 83 heavy (non-hydrogen) atoms. The highest BCUT2D eigenvalue weighted by Gasteiger charge is 2.54. The Balaban J connectivity index is 1.03. The van der Waals surface area contributed by atoms with E-state index in [2.05, 4.69) is 10.6 Å². The number of carbonyl (C=O) groups excluding carboxylic acids is 6. The van der Waals surface area contributed by atoms with Gasteiger partial charge in [0.2, 0.25) is 22.9 Å². The average molecular weight is 1150 g/mol. The summed E-state index contributed by atoms with van der Waals surface area (Å²) >= 11 is 0. The van der Waals surface area contributed by atoms with E-state index in [9.17, 15) is 54.0 Å². The molecule has 444 valence electrons. The number of aliphatic hydroxyl groups excluding tert-OH is 2. The summed E-state index contributed by atoms with van der Waals surface area (Å²) in [5.74, 6) is -13.8. The number of halogens is 1. The molecule has 3 fully saturated rings. The van der Waals surface area contributed by atoms with Gasteiger partial charge < -0.3 is 69.1 Å². The van der Waals surface area contributed by atoms with E-state index in [1.165, 1.54) is 71.2 Å². The fraction of sp³-hybridized carbons (Fsp3) is 0.500. The first-order valence-corrected chi connectivity index (χ1v) is 27.8. The number of allylic oxidation sites excluding steroid dienone is 4. The van der Waals surface area contributed by atoms with E-state index >= 15 is 9.18 Å². The number of amides is 2. The molecule has 2 saturated heterocycles. The number of hydrogen-bond donors (Lipinski definition) is 6. The second kappa shape index (κ2) is 23.0. The molecule has 6 N–H and O–H groups in total. The number of nitrogens with zero attached hydrogens (tertiary/aromatic N) is 3. The first-order valence-electron chi connectivity index (χ1n) is 27.8. The number of phenolic OH excluding ortho intramolecular Hbond substituents is 1. The highest BCUT2D eigenvalue weighted by atomic mass is 19.1. The molecular weight excluding hydrogens is 1080 g/mol. The minimum Gasteiger partial charge on any atom is -0.507 e. The van der Waals surface area contributed by atoms with Crippen molar-refractivity contribution in [3.8, 4) is 17.2 Å². The summed E-state index contributed by atoms with van der Waals surface area (Å²) in [5, 5.41) is 50.2. The van der Waals surface area contributed by atoms with Gasteiger partial charge in [0, 0.05) is 100 Å². The predicted octanol–water partition coefficient (Wildman–Crippen LogP) is 5.17. The molecule has 0 spiro atoms. The number of Topliss-reactive ketones (excluding diaryl/α,β-unsaturated/α-hetero) is 3. The molecule has 2 aromatic carbocycles. The van der Waals surface area contributed by atoms with Gasteiger partial charge in [0.1, 0.15) is 40.2 Å². The Morgan fingerprint density at radius 2 is 1.59 bits per heavy atom. The van der Waals surface area contributed by atoms with Crippen LogP contribution in [0.15, 0.2) is 64.6 Å². The van der Waals surface area contributed by atoms with Crippen LogP contribution in [0.5, 0.6) is 17.2 Å². The molecule has 10 atom stereocenters. The standard InChI is InChI=1S/C60H70FN5O17/c1-26-13-11-14-27(2)57(75)63-43-46(65-22-33(23-65)58(76)62-34-15-12-19-64(24-34)45-38(61)21-36-44(55(45)80-10)66(35-16-17-35)25-37(50(36)71)59(77)78)52(73)40-41(51(43)72)49(70)31(6)54-42(40)56(74)60(8,83-54)81-20-18-39(79-9)28(3)53(82-32(7)67)30(5)48(69)29(4)47(26)68/h11,13-14,18,20-21,25-26,28-30,33-35,39,47-48,53,68-70H,12,15-17,19,22-24H2,1-10H3,(H,62,76)(H,63,75)(H,77,78)/t26-,28+,29+,30+,34?,39-,47-,48+,53+,60-/m0/s1. The third-order valence-electron chi connectivity index (χ3n) is 17.2. The van der Waals surface area contributed by atoms with Gasteiger partial charge in [-0.2, -0.15) is 0 Å². The zero-order chi connectivity index (χ0) is 60.4. The van der Waals surface area contributed by atoms with E-state index < -0.39 is 146 Å². The Bertz CT molecular complexity index is 3430. The van der Waals surface area contributed by atoms with Crippen molar-refractivity contribution >= 4 is 57.7 Å². The summed E-state index contributed by atoms with van der Waals surface area (Å²) in [6.45, 7) is 12.2. The number of benzene rings is 2. The van der Waals surface area contributed by atoms with E-state index in [1.54, 1.807) is 43.2 Å². The van der Waals surface area contributed by atoms with E-state index in [4.69, 9.17) is 23.7 Å². The molecule has 1 saturated carbocycles. The summed E-state index contributed by atoms with van der Waals surface area (Å²) in [6, 6.07) is 0.367. The highest BCUT2D eigenvalue weighted by Crippen LogP contribution is 2.50. The third kappa shape index (κ3) is 10.8. The number of esters is 1. The smallest absolute Gasteiger partial charge is 0.341 e. The van der Waals surface area contributed by atoms with Gasteiger partial charge in [0.05, 0.1) is 65.2 Å². The zero-order valence-corrected chi connectivity index (χ0v) is 47.9. The average Bonchev–Trinajstić information content (AvgIpc) is 1.94. The van der Waals surface area contributed by atoms with Crippen LogP contribution in [0.4, 0.5) is 10.1 Å². The molecule has 5 aliphatic heterocycles. The molecule has 3 aromatic rings. The Morgan fingerprint density at radius 3 is 2.23 bits per heavy atom. The van der Waals surface area contributed by atoms with Gasteiger partial charge in [-0.3, -0.25) is 33.6 Å². The molecule has 6 heterocycles. The van der Waals surface area contributed by atoms with Gasteiger partial charge in [0.15, 0.2) is 11.6 Å². The van der Waals surface area contributed by atoms with Gasteiger partial charge in [-0.1, -0.05) is 45.9 Å². The van der Waals surface area contributed by atoms with Gasteiger partial charge in [0.25, 0.3) is 11.7 Å². The van der Waals surface area contributed by atoms with Crippen LogP contribution in [0.2, 0.25) is 0 Å². The predicted molar refractivity (Wildman–Crippen MR) is 297 cm³/mol. The number of aromatic carboxylic acids is 1. The number of ketones is 3. The molecule has 10 rings (SSSR count). The van der Waals surface area contributed by atoms with Gasteiger partial charge in [-0.25, -0.2) is 9.18 Å². The summed E-state index contributed by atoms with van der Waals surface area (Å²) in [5.41, 5.74) is -3.46. The van der Waals surface area contributed by atoms with E-state index in [-0.39, 0.29) is 76.2 Å². The Hall–Kier alpha value is -7.89. The molecule has 5 bridgehead atoms. The van der Waals surface area contributed by atoms with Crippen LogP contribution in [-0.2, 0) is 28.6 Å². The monoisotopic (exact) mass is 1150 g/mol. The fourth-order valence-electron chi connectivity index (χ4n) is 12.1. The topological polar surface area (TPSA) is 299 Å². The first kappa shape index (κ1) is 59.7. The van der Waals surface area contributed by atoms with Crippen LogP contribution in [0.25, 0.3) is 10.9 Å². The molecule has 23 heteroatoms. The SMILES string of the molecule is COc1c(N2CCCC(NC(=O)C3CN(C4=C5NC(=O)C(C)=CC=C[C@H](C)[C@H](O)[C@@H](C)[C@@H](O)[C@@H](C)[C@H](OC(C)=O)[C@H](C)[C@@H](OC)C=CO[C@@]6(C)Oc7c(C)c(O)c(c(c7C6=O)C4=O)C5=O)C3)C2)c(F)cc2c(=O)c(C(=O)O)cn(C3CC3)c12. The molecule has 1 aromatic heterocycles. The van der Waals surface area contributed by atoms with Crippen molar-refractivity contribution in [2.75, 3.05) is 45.3 Å². The Labute approximate surface area is 477 Å². The van der Waals surface area contributed by atoms with Crippen molar-refractivity contribution in [2.24, 2.45) is 29.6 Å². The number of hydrogen-bond acceptors (Lipinski definition) is 18. The van der Waals surface area contributed by atoms with Crippen molar-refractivity contribution in [3.05, 3.63) is 104 Å². The number of fused-ring (bicyclic) bond motifs is 15. The first-order chi connectivity index (χ1) is 39.2. The van der Waals surface area contributed by atoms with Crippen LogP contribution < -0.4 is 30.4 Å². The number of aliphatic hydroxyl groups is 2. The van der Waals surface area contributed by atoms with Crippen molar-refractivity contribution < 1.29 is 82.1 Å².